The Morgan fingerprint density at radius 1 is 1.20 bits per heavy atom. The van der Waals surface area contributed by atoms with Crippen molar-refractivity contribution in [2.45, 2.75) is 69.7 Å². The molecule has 0 saturated carbocycles. The van der Waals surface area contributed by atoms with E-state index >= 15 is 0 Å². The predicted octanol–water partition coefficient (Wildman–Crippen LogP) is 3.43. The van der Waals surface area contributed by atoms with Gasteiger partial charge in [-0.2, -0.15) is 15.2 Å². The summed E-state index contributed by atoms with van der Waals surface area (Å²) < 4.78 is 20.1. The van der Waals surface area contributed by atoms with Gasteiger partial charge in [0.2, 0.25) is 0 Å². The number of halogens is 1. The van der Waals surface area contributed by atoms with Gasteiger partial charge in [0.05, 0.1) is 18.2 Å². The van der Waals surface area contributed by atoms with E-state index in [9.17, 15) is 14.8 Å². The number of rotatable bonds is 7. The van der Waals surface area contributed by atoms with Crippen LogP contribution < -0.4 is 9.64 Å². The van der Waals surface area contributed by atoms with E-state index in [1.54, 1.807) is 4.90 Å². The number of aliphatic hydroxyl groups is 1. The highest BCUT2D eigenvalue weighted by molar-refractivity contribution is 5.53. The maximum absolute atomic E-state index is 13.9. The van der Waals surface area contributed by atoms with Gasteiger partial charge in [0.25, 0.3) is 0 Å². The monoisotopic (exact) mass is 546 g/mol. The zero-order chi connectivity index (χ0) is 27.9. The first-order chi connectivity index (χ1) is 19.4. The van der Waals surface area contributed by atoms with Crippen LogP contribution in [-0.2, 0) is 25.7 Å². The van der Waals surface area contributed by atoms with Crippen LogP contribution in [0.2, 0.25) is 0 Å². The standard InChI is InChI=1S/C31H39FN6O2/c1-21(32)29(39)38-15-14-37(19-24(38)10-12-33)28-26-9-11-31(16-22-6-3-4-7-23(22)17-31)18-27(26)34-30(35-28)40-20-25-8-5-13-36(25)2/h3-4,6-7,24-25,29,39H,1,5,8-11,13-20H2,2H3/t24-,25-,29?/m0/s1. The molecule has 212 valence electrons. The molecule has 1 N–H and O–H groups in total. The van der Waals surface area contributed by atoms with Crippen LogP contribution in [0, 0.1) is 16.7 Å². The first-order valence-corrected chi connectivity index (χ1v) is 14.6. The van der Waals surface area contributed by atoms with Gasteiger partial charge in [0, 0.05) is 37.3 Å². The minimum absolute atomic E-state index is 0.166. The minimum atomic E-state index is -1.41. The van der Waals surface area contributed by atoms with E-state index in [2.05, 4.69) is 53.8 Å². The van der Waals surface area contributed by atoms with Crippen molar-refractivity contribution in [1.82, 2.24) is 19.8 Å². The van der Waals surface area contributed by atoms with Crippen molar-refractivity contribution in [3.63, 3.8) is 0 Å². The van der Waals surface area contributed by atoms with Crippen molar-refractivity contribution in [3.05, 3.63) is 59.1 Å². The maximum Gasteiger partial charge on any atom is 0.318 e. The van der Waals surface area contributed by atoms with Crippen LogP contribution in [0.25, 0.3) is 0 Å². The molecular weight excluding hydrogens is 507 g/mol. The fourth-order valence-corrected chi connectivity index (χ4v) is 7.34. The lowest BCUT2D eigenvalue weighted by atomic mass is 9.71. The molecule has 1 aromatic carbocycles. The predicted molar refractivity (Wildman–Crippen MR) is 151 cm³/mol. The second-order valence-corrected chi connectivity index (χ2v) is 12.2. The molecule has 9 heteroatoms. The first-order valence-electron chi connectivity index (χ1n) is 14.6. The molecule has 3 heterocycles. The lowest BCUT2D eigenvalue weighted by Crippen LogP contribution is -2.57. The van der Waals surface area contributed by atoms with Crippen LogP contribution in [0.1, 0.15) is 48.1 Å². The molecule has 6 rings (SSSR count). The Morgan fingerprint density at radius 2 is 1.98 bits per heavy atom. The number of nitrogens with zero attached hydrogens (tertiary/aromatic N) is 6. The highest BCUT2D eigenvalue weighted by Crippen LogP contribution is 2.47. The summed E-state index contributed by atoms with van der Waals surface area (Å²) >= 11 is 0. The molecule has 2 aromatic rings. The third kappa shape index (κ3) is 5.20. The number of hydrogen-bond acceptors (Lipinski definition) is 8. The number of aliphatic hydroxyl groups excluding tert-OH is 1. The van der Waals surface area contributed by atoms with Gasteiger partial charge in [-0.25, -0.2) is 4.39 Å². The number of anilines is 1. The summed E-state index contributed by atoms with van der Waals surface area (Å²) in [6.07, 6.45) is 6.02. The van der Waals surface area contributed by atoms with E-state index in [0.29, 0.717) is 38.3 Å². The van der Waals surface area contributed by atoms with E-state index in [4.69, 9.17) is 14.7 Å². The largest absolute Gasteiger partial charge is 0.462 e. The zero-order valence-electron chi connectivity index (χ0n) is 23.4. The number of likely N-dealkylation sites (N-methyl/N-ethyl adjacent to an activating group) is 1. The van der Waals surface area contributed by atoms with Crippen LogP contribution in [0.4, 0.5) is 10.2 Å². The number of piperazine rings is 1. The molecule has 1 spiro atoms. The van der Waals surface area contributed by atoms with Crippen molar-refractivity contribution < 1.29 is 14.2 Å². The number of fused-ring (bicyclic) bond motifs is 2. The molecule has 1 unspecified atom stereocenters. The smallest absolute Gasteiger partial charge is 0.318 e. The second kappa shape index (κ2) is 11.1. The second-order valence-electron chi connectivity index (χ2n) is 12.2. The molecule has 2 fully saturated rings. The molecule has 0 amide bonds. The molecule has 2 saturated heterocycles. The van der Waals surface area contributed by atoms with Gasteiger partial charge in [-0.15, -0.1) is 0 Å². The summed E-state index contributed by atoms with van der Waals surface area (Å²) in [5.74, 6) is 0.0625. The van der Waals surface area contributed by atoms with Crippen LogP contribution in [0.3, 0.4) is 0 Å². The van der Waals surface area contributed by atoms with Gasteiger partial charge in [-0.3, -0.25) is 4.90 Å². The van der Waals surface area contributed by atoms with Gasteiger partial charge < -0.3 is 19.6 Å². The Morgan fingerprint density at radius 3 is 2.65 bits per heavy atom. The summed E-state index contributed by atoms with van der Waals surface area (Å²) in [5, 5.41) is 19.9. The van der Waals surface area contributed by atoms with Crippen molar-refractivity contribution in [3.8, 4) is 12.1 Å². The third-order valence-corrected chi connectivity index (χ3v) is 9.57. The topological polar surface area (TPSA) is 88.8 Å². The highest BCUT2D eigenvalue weighted by Gasteiger charge is 2.42. The van der Waals surface area contributed by atoms with Gasteiger partial charge in [0.15, 0.2) is 6.23 Å². The van der Waals surface area contributed by atoms with E-state index in [1.807, 2.05) is 0 Å². The Kier molecular flexibility index (Phi) is 7.51. The summed E-state index contributed by atoms with van der Waals surface area (Å²) in [4.78, 5) is 16.1. The first kappa shape index (κ1) is 27.1. The lowest BCUT2D eigenvalue weighted by molar-refractivity contribution is -0.0167. The Bertz CT molecular complexity index is 1290. The van der Waals surface area contributed by atoms with E-state index in [0.717, 1.165) is 62.1 Å². The molecule has 0 radical (unpaired) electrons. The fraction of sp³-hybridized carbons (Fsp3) is 0.581. The molecule has 1 aromatic heterocycles. The fourth-order valence-electron chi connectivity index (χ4n) is 7.34. The van der Waals surface area contributed by atoms with Crippen molar-refractivity contribution in [2.24, 2.45) is 5.41 Å². The number of hydrogen-bond donors (Lipinski definition) is 1. The molecule has 8 nitrogen and oxygen atoms in total. The molecule has 4 aliphatic rings. The van der Waals surface area contributed by atoms with Crippen molar-refractivity contribution >= 4 is 5.82 Å². The van der Waals surface area contributed by atoms with E-state index in [-0.39, 0.29) is 17.9 Å². The van der Waals surface area contributed by atoms with Crippen LogP contribution in [-0.4, -0.2) is 83.0 Å². The summed E-state index contributed by atoms with van der Waals surface area (Å²) in [7, 11) is 2.14. The average molecular weight is 547 g/mol. The number of benzene rings is 1. The highest BCUT2D eigenvalue weighted by atomic mass is 19.1. The summed E-state index contributed by atoms with van der Waals surface area (Å²) in [6.45, 7) is 6.33. The number of aromatic nitrogens is 2. The molecule has 0 bridgehead atoms. The zero-order valence-corrected chi connectivity index (χ0v) is 23.4. The van der Waals surface area contributed by atoms with Gasteiger partial charge >= 0.3 is 6.01 Å². The number of likely N-dealkylation sites (tertiary alicyclic amines) is 1. The Balaban J connectivity index is 1.30. The molecule has 2 aliphatic carbocycles. The Labute approximate surface area is 236 Å². The SMILES string of the molecule is C=C(F)C(O)N1CCN(c2nc(OC[C@@H]3CCCN3C)nc3c2CCC2(Cc4ccccc4C2)C3)C[C@@H]1CC#N. The van der Waals surface area contributed by atoms with Gasteiger partial charge in [-0.05, 0) is 75.1 Å². The van der Waals surface area contributed by atoms with Crippen LogP contribution in [0.5, 0.6) is 6.01 Å². The molecular formula is C31H39FN6O2. The van der Waals surface area contributed by atoms with Gasteiger partial charge in [-0.1, -0.05) is 30.8 Å². The van der Waals surface area contributed by atoms with E-state index < -0.39 is 12.1 Å². The van der Waals surface area contributed by atoms with Gasteiger partial charge in [0.1, 0.15) is 18.3 Å². The number of ether oxygens (including phenoxy) is 1. The summed E-state index contributed by atoms with van der Waals surface area (Å²) in [6, 6.07) is 11.4. The third-order valence-electron chi connectivity index (χ3n) is 9.57. The van der Waals surface area contributed by atoms with Crippen molar-refractivity contribution in [1.29, 1.82) is 5.26 Å². The number of nitriles is 1. The Hall–Kier alpha value is -3.06. The summed E-state index contributed by atoms with van der Waals surface area (Å²) in [5.41, 5.74) is 5.29. The van der Waals surface area contributed by atoms with Crippen LogP contribution >= 0.6 is 0 Å². The normalized spacial score (nSPS) is 24.9. The molecule has 2 aliphatic heterocycles. The quantitative estimate of drug-likeness (QED) is 0.565. The van der Waals surface area contributed by atoms with Crippen LogP contribution in [0.15, 0.2) is 36.7 Å². The van der Waals surface area contributed by atoms with E-state index in [1.165, 1.54) is 17.5 Å². The van der Waals surface area contributed by atoms with Crippen molar-refractivity contribution in [2.75, 3.05) is 44.7 Å². The minimum Gasteiger partial charge on any atom is -0.462 e. The maximum atomic E-state index is 13.9. The average Bonchev–Trinajstić information content (AvgIpc) is 3.52. The lowest BCUT2D eigenvalue weighted by Gasteiger charge is -2.44. The molecule has 3 atom stereocenters. The molecule has 40 heavy (non-hydrogen) atoms.